The van der Waals surface area contributed by atoms with Crippen LogP contribution in [0.2, 0.25) is 0 Å². The highest BCUT2D eigenvalue weighted by atomic mass is 32.2. The van der Waals surface area contributed by atoms with Gasteiger partial charge in [0.25, 0.3) is 0 Å². The van der Waals surface area contributed by atoms with Crippen molar-refractivity contribution in [2.24, 2.45) is 0 Å². The summed E-state index contributed by atoms with van der Waals surface area (Å²) in [6.07, 6.45) is 1.45. The molecule has 5 rings (SSSR count). The lowest BCUT2D eigenvalue weighted by molar-refractivity contribution is 0.154. The second-order valence-corrected chi connectivity index (χ2v) is 10.4. The maximum Gasteiger partial charge on any atom is 0.208 e. The van der Waals surface area contributed by atoms with Gasteiger partial charge in [-0.1, -0.05) is 18.2 Å². The Hall–Kier alpha value is -2.85. The summed E-state index contributed by atoms with van der Waals surface area (Å²) in [5.74, 6) is -1.39. The van der Waals surface area contributed by atoms with E-state index in [0.29, 0.717) is 12.1 Å². The smallest absolute Gasteiger partial charge is 0.208 e. The van der Waals surface area contributed by atoms with E-state index in [-0.39, 0.29) is 47.8 Å². The number of halogens is 3. The summed E-state index contributed by atoms with van der Waals surface area (Å²) in [7, 11) is -3.50. The van der Waals surface area contributed by atoms with Crippen molar-refractivity contribution in [1.29, 1.82) is 0 Å². The van der Waals surface area contributed by atoms with Crippen molar-refractivity contribution in [3.05, 3.63) is 71.4 Å². The largest absolute Gasteiger partial charge is 0.483 e. The van der Waals surface area contributed by atoms with Crippen molar-refractivity contribution in [3.8, 4) is 16.9 Å². The van der Waals surface area contributed by atoms with Gasteiger partial charge in [0.15, 0.2) is 11.6 Å². The van der Waals surface area contributed by atoms with E-state index in [1.807, 2.05) is 0 Å². The van der Waals surface area contributed by atoms with Crippen LogP contribution in [0.25, 0.3) is 11.1 Å². The number of fused-ring (bicyclic) bond motifs is 7. The van der Waals surface area contributed by atoms with Gasteiger partial charge >= 0.3 is 0 Å². The third-order valence-corrected chi connectivity index (χ3v) is 7.06. The molecular formula is C23H21F3N2O4S. The van der Waals surface area contributed by atoms with Crippen LogP contribution in [0, 0.1) is 11.6 Å². The number of hydrogen-bond acceptors (Lipinski definition) is 5. The number of para-hydroxylation sites is 1. The first-order valence-corrected chi connectivity index (χ1v) is 12.3. The first-order valence-electron chi connectivity index (χ1n) is 10.4. The minimum Gasteiger partial charge on any atom is -0.483 e. The Labute approximate surface area is 188 Å². The van der Waals surface area contributed by atoms with Crippen LogP contribution in [-0.4, -0.2) is 25.7 Å². The molecule has 1 spiro atoms. The van der Waals surface area contributed by atoms with Crippen molar-refractivity contribution >= 4 is 10.0 Å². The standard InChI is InChI=1S/C23H21F3N2O4S/c1-33(29,30)28-14-7-8-23(10-14)21(26)13-5-6-18(24)17(9-13)16-3-2-4-19(25)20(16)31-11-15-12-32-22(23)27-15/h2-6,9,12,14,21,28H,7-8,10-11H2,1H3/t14-,21+,23-/m0/s1. The molecule has 1 saturated carbocycles. The lowest BCUT2D eigenvalue weighted by Gasteiger charge is -2.30. The molecular weight excluding hydrogens is 457 g/mol. The van der Waals surface area contributed by atoms with Crippen molar-refractivity contribution in [1.82, 2.24) is 9.71 Å². The first-order chi connectivity index (χ1) is 15.7. The Kier molecular flexibility index (Phi) is 5.24. The van der Waals surface area contributed by atoms with Gasteiger partial charge in [-0.05, 0) is 43.0 Å². The van der Waals surface area contributed by atoms with E-state index >= 15 is 4.39 Å². The molecule has 0 saturated heterocycles. The number of hydrogen-bond donors (Lipinski definition) is 1. The minimum atomic E-state index is -3.50. The van der Waals surface area contributed by atoms with Crippen LogP contribution in [0.3, 0.4) is 0 Å². The molecule has 10 heteroatoms. The molecule has 0 unspecified atom stereocenters. The van der Waals surface area contributed by atoms with Crippen LogP contribution in [0.15, 0.2) is 47.1 Å². The van der Waals surface area contributed by atoms with E-state index in [9.17, 15) is 17.2 Å². The Morgan fingerprint density at radius 2 is 1.97 bits per heavy atom. The third-order valence-electron chi connectivity index (χ3n) is 6.30. The molecule has 3 atom stereocenters. The first kappa shape index (κ1) is 22.0. The molecule has 3 aromatic rings. The van der Waals surface area contributed by atoms with E-state index in [1.54, 1.807) is 0 Å². The quantitative estimate of drug-likeness (QED) is 0.584. The Morgan fingerprint density at radius 3 is 2.76 bits per heavy atom. The van der Waals surface area contributed by atoms with Crippen LogP contribution in [-0.2, 0) is 22.0 Å². The Morgan fingerprint density at radius 1 is 1.15 bits per heavy atom. The van der Waals surface area contributed by atoms with E-state index in [4.69, 9.17) is 9.15 Å². The molecule has 33 heavy (non-hydrogen) atoms. The van der Waals surface area contributed by atoms with E-state index in [2.05, 4.69) is 9.71 Å². The zero-order chi connectivity index (χ0) is 23.4. The van der Waals surface area contributed by atoms with Gasteiger partial charge in [-0.2, -0.15) is 0 Å². The maximum absolute atomic E-state index is 16.3. The maximum atomic E-state index is 16.3. The van der Waals surface area contributed by atoms with Crippen molar-refractivity contribution in [3.63, 3.8) is 0 Å². The number of oxazole rings is 1. The molecule has 174 valence electrons. The van der Waals surface area contributed by atoms with Gasteiger partial charge in [-0.3, -0.25) is 0 Å². The number of benzene rings is 2. The third kappa shape index (κ3) is 3.91. The predicted molar refractivity (Wildman–Crippen MR) is 114 cm³/mol. The summed E-state index contributed by atoms with van der Waals surface area (Å²) in [5, 5.41) is 0. The molecule has 1 aromatic heterocycles. The van der Waals surface area contributed by atoms with Gasteiger partial charge in [0.05, 0.1) is 11.7 Å². The fraction of sp³-hybridized carbons (Fsp3) is 0.348. The van der Waals surface area contributed by atoms with E-state index in [1.165, 1.54) is 36.6 Å². The van der Waals surface area contributed by atoms with E-state index in [0.717, 1.165) is 12.3 Å². The number of rotatable bonds is 2. The molecule has 2 aliphatic rings. The van der Waals surface area contributed by atoms with Crippen LogP contribution < -0.4 is 9.46 Å². The number of alkyl halides is 1. The fourth-order valence-electron chi connectivity index (χ4n) is 4.85. The zero-order valence-electron chi connectivity index (χ0n) is 17.6. The second-order valence-electron chi connectivity index (χ2n) is 8.64. The molecule has 2 heterocycles. The monoisotopic (exact) mass is 478 g/mol. The molecule has 1 aliphatic carbocycles. The summed E-state index contributed by atoms with van der Waals surface area (Å²) in [5.41, 5.74) is -0.632. The molecule has 2 aromatic carbocycles. The van der Waals surface area contributed by atoms with Crippen LogP contribution in [0.1, 0.15) is 42.6 Å². The Balaban J connectivity index is 1.67. The summed E-state index contributed by atoms with van der Waals surface area (Å²) < 4.78 is 83.1. The summed E-state index contributed by atoms with van der Waals surface area (Å²) in [6, 6.07) is 7.42. The molecule has 0 amide bonds. The number of aromatic nitrogens is 1. The molecule has 4 bridgehead atoms. The normalized spacial score (nSPS) is 24.6. The van der Waals surface area contributed by atoms with Gasteiger partial charge in [-0.25, -0.2) is 31.3 Å². The lowest BCUT2D eigenvalue weighted by Crippen LogP contribution is -2.36. The van der Waals surface area contributed by atoms with Gasteiger partial charge in [-0.15, -0.1) is 0 Å². The molecule has 6 nitrogen and oxygen atoms in total. The van der Waals surface area contributed by atoms with Gasteiger partial charge < -0.3 is 9.15 Å². The van der Waals surface area contributed by atoms with Crippen molar-refractivity contribution in [2.75, 3.05) is 6.26 Å². The second kappa shape index (κ2) is 7.88. The number of ether oxygens (including phenoxy) is 1. The molecule has 0 radical (unpaired) electrons. The van der Waals surface area contributed by atoms with Crippen LogP contribution in [0.4, 0.5) is 13.2 Å². The van der Waals surface area contributed by atoms with Gasteiger partial charge in [0, 0.05) is 17.2 Å². The SMILES string of the molecule is CS(=O)(=O)N[C@H]1CC[C@@]2(C1)c1nc(co1)COc1c(F)cccc1-c1cc(ccc1F)[C@H]2F. The number of sulfonamides is 1. The van der Waals surface area contributed by atoms with E-state index < -0.39 is 39.3 Å². The van der Waals surface area contributed by atoms with Crippen LogP contribution >= 0.6 is 0 Å². The minimum absolute atomic E-state index is 0.00775. The van der Waals surface area contributed by atoms with Gasteiger partial charge in [0.2, 0.25) is 15.9 Å². The highest BCUT2D eigenvalue weighted by molar-refractivity contribution is 7.88. The summed E-state index contributed by atoms with van der Waals surface area (Å²) in [4.78, 5) is 4.41. The van der Waals surface area contributed by atoms with Gasteiger partial charge in [0.1, 0.15) is 30.6 Å². The Bertz CT molecular complexity index is 1330. The van der Waals surface area contributed by atoms with Crippen LogP contribution in [0.5, 0.6) is 5.75 Å². The molecule has 1 fully saturated rings. The van der Waals surface area contributed by atoms with Crippen molar-refractivity contribution < 1.29 is 30.7 Å². The number of nitrogens with one attached hydrogen (secondary N) is 1. The highest BCUT2D eigenvalue weighted by Gasteiger charge is 2.52. The average Bonchev–Trinajstić information content (AvgIpc) is 3.39. The summed E-state index contributed by atoms with van der Waals surface area (Å²) in [6.45, 7) is -0.170. The fourth-order valence-corrected chi connectivity index (χ4v) is 5.66. The highest BCUT2D eigenvalue weighted by Crippen LogP contribution is 2.52. The van der Waals surface area contributed by atoms with Crippen molar-refractivity contribution in [2.45, 2.75) is 43.5 Å². The molecule has 1 aliphatic heterocycles. The predicted octanol–water partition coefficient (Wildman–Crippen LogP) is 4.56. The molecule has 1 N–H and O–H groups in total. The average molecular weight is 478 g/mol. The zero-order valence-corrected chi connectivity index (χ0v) is 18.5. The lowest BCUT2D eigenvalue weighted by atomic mass is 9.77. The number of nitrogens with zero attached hydrogens (tertiary/aromatic N) is 1. The topological polar surface area (TPSA) is 81.4 Å². The summed E-state index contributed by atoms with van der Waals surface area (Å²) >= 11 is 0.